The normalized spacial score (nSPS) is 22.8. The summed E-state index contributed by atoms with van der Waals surface area (Å²) in [6, 6.07) is 16.4. The summed E-state index contributed by atoms with van der Waals surface area (Å²) in [4.78, 5) is 25.8. The van der Waals surface area contributed by atoms with Gasteiger partial charge in [-0.2, -0.15) is 0 Å². The predicted molar refractivity (Wildman–Crippen MR) is 167 cm³/mol. The van der Waals surface area contributed by atoms with Crippen molar-refractivity contribution in [3.63, 3.8) is 0 Å². The van der Waals surface area contributed by atoms with Gasteiger partial charge in [-0.1, -0.05) is 47.5 Å². The van der Waals surface area contributed by atoms with Crippen LogP contribution in [0, 0.1) is 11.8 Å². The summed E-state index contributed by atoms with van der Waals surface area (Å²) in [5.74, 6) is 1.70. The lowest BCUT2D eigenvalue weighted by Gasteiger charge is -2.44. The summed E-state index contributed by atoms with van der Waals surface area (Å²) < 4.78 is 0. The molecular weight excluding hydrogens is 555 g/mol. The molecule has 0 saturated carbocycles. The van der Waals surface area contributed by atoms with Crippen LogP contribution in [0.4, 0.5) is 5.82 Å². The fraction of sp³-hybridized carbons (Fsp3) is 0.515. The van der Waals surface area contributed by atoms with Gasteiger partial charge in [-0.3, -0.25) is 9.69 Å². The molecule has 0 unspecified atom stereocenters. The van der Waals surface area contributed by atoms with Gasteiger partial charge in [-0.25, -0.2) is 4.98 Å². The van der Waals surface area contributed by atoms with E-state index in [1.165, 1.54) is 24.8 Å². The zero-order chi connectivity index (χ0) is 28.3. The molecular formula is C33H40Cl2N4O2. The first-order valence-electron chi connectivity index (χ1n) is 15.2. The maximum atomic E-state index is 13.9. The molecule has 3 aliphatic rings. The van der Waals surface area contributed by atoms with E-state index in [1.54, 1.807) is 0 Å². The largest absolute Gasteiger partial charge is 0.396 e. The van der Waals surface area contributed by atoms with Gasteiger partial charge in [0.1, 0.15) is 5.82 Å². The Bertz CT molecular complexity index is 1370. The number of hydrogen-bond donors (Lipinski definition) is 1. The lowest BCUT2D eigenvalue weighted by atomic mass is 9.80. The molecule has 3 aliphatic heterocycles. The molecule has 0 bridgehead atoms. The summed E-state index contributed by atoms with van der Waals surface area (Å²) in [5.41, 5.74) is 2.85. The number of para-hydroxylation sites is 1. The number of benzene rings is 2. The third-order valence-corrected chi connectivity index (χ3v) is 10.3. The molecule has 4 heterocycles. The van der Waals surface area contributed by atoms with E-state index >= 15 is 0 Å². The molecule has 1 amide bonds. The first-order valence-corrected chi connectivity index (χ1v) is 16.0. The number of pyridine rings is 1. The minimum absolute atomic E-state index is 0.119. The van der Waals surface area contributed by atoms with Gasteiger partial charge in [-0.05, 0) is 93.2 Å². The van der Waals surface area contributed by atoms with Crippen LogP contribution in [-0.2, 0) is 6.42 Å². The van der Waals surface area contributed by atoms with Crippen molar-refractivity contribution < 1.29 is 9.90 Å². The summed E-state index contributed by atoms with van der Waals surface area (Å²) in [6.45, 7) is 5.63. The topological polar surface area (TPSA) is 59.9 Å². The number of carbonyl (C=O) groups is 1. The number of piperidine rings is 3. The number of aromatic nitrogens is 1. The highest BCUT2D eigenvalue weighted by molar-refractivity contribution is 6.42. The summed E-state index contributed by atoms with van der Waals surface area (Å²) in [7, 11) is 0. The van der Waals surface area contributed by atoms with Crippen LogP contribution < -0.4 is 4.90 Å². The maximum absolute atomic E-state index is 13.9. The molecule has 1 aromatic heterocycles. The number of nitrogens with zero attached hydrogens (tertiary/aromatic N) is 4. The number of aliphatic hydroxyl groups is 1. The molecule has 2 aromatic carbocycles. The van der Waals surface area contributed by atoms with E-state index < -0.39 is 0 Å². The van der Waals surface area contributed by atoms with Gasteiger partial charge in [0.2, 0.25) is 0 Å². The Morgan fingerprint density at radius 2 is 1.66 bits per heavy atom. The van der Waals surface area contributed by atoms with Crippen molar-refractivity contribution in [3.05, 3.63) is 69.7 Å². The Balaban J connectivity index is 1.09. The Hall–Kier alpha value is -2.38. The van der Waals surface area contributed by atoms with E-state index in [4.69, 9.17) is 28.2 Å². The average molecular weight is 596 g/mol. The molecule has 0 aliphatic carbocycles. The van der Waals surface area contributed by atoms with Gasteiger partial charge in [0, 0.05) is 50.8 Å². The molecule has 6 nitrogen and oxygen atoms in total. The molecule has 218 valence electrons. The lowest BCUT2D eigenvalue weighted by Crippen LogP contribution is -2.52. The predicted octanol–water partition coefficient (Wildman–Crippen LogP) is 6.31. The van der Waals surface area contributed by atoms with Crippen LogP contribution in [0.3, 0.4) is 0 Å². The van der Waals surface area contributed by atoms with Crippen LogP contribution in [0.25, 0.3) is 10.9 Å². The highest BCUT2D eigenvalue weighted by Crippen LogP contribution is 2.33. The fourth-order valence-corrected chi connectivity index (χ4v) is 7.43. The summed E-state index contributed by atoms with van der Waals surface area (Å²) in [6.07, 6.45) is 7.49. The van der Waals surface area contributed by atoms with E-state index in [-0.39, 0.29) is 18.4 Å². The second kappa shape index (κ2) is 12.9. The van der Waals surface area contributed by atoms with E-state index in [0.717, 1.165) is 87.2 Å². The SMILES string of the molecule is O=C(c1cc(N2CCCCC2)nc2ccccc12)N1CCC(N2CC[C@H](Cc3ccc(Cl)c(Cl)c3)[C@H](CO)C2)CC1. The van der Waals surface area contributed by atoms with Crippen molar-refractivity contribution in [3.8, 4) is 0 Å². The number of hydrogen-bond acceptors (Lipinski definition) is 5. The van der Waals surface area contributed by atoms with Crippen LogP contribution >= 0.6 is 23.2 Å². The van der Waals surface area contributed by atoms with Crippen molar-refractivity contribution in [1.29, 1.82) is 0 Å². The Morgan fingerprint density at radius 3 is 2.41 bits per heavy atom. The first kappa shape index (κ1) is 28.7. The molecule has 2 atom stereocenters. The molecule has 0 spiro atoms. The first-order chi connectivity index (χ1) is 20.0. The zero-order valence-corrected chi connectivity index (χ0v) is 25.2. The molecule has 41 heavy (non-hydrogen) atoms. The minimum atomic E-state index is 0.119. The van der Waals surface area contributed by atoms with Crippen LogP contribution in [-0.4, -0.2) is 77.7 Å². The molecule has 0 radical (unpaired) electrons. The van der Waals surface area contributed by atoms with Crippen molar-refractivity contribution in [2.75, 3.05) is 50.8 Å². The number of fused-ring (bicyclic) bond motifs is 1. The van der Waals surface area contributed by atoms with E-state index in [0.29, 0.717) is 22.0 Å². The number of amides is 1. The third-order valence-electron chi connectivity index (χ3n) is 9.52. The van der Waals surface area contributed by atoms with Gasteiger partial charge in [0.25, 0.3) is 5.91 Å². The van der Waals surface area contributed by atoms with E-state index in [1.807, 2.05) is 53.4 Å². The number of carbonyl (C=O) groups excluding carboxylic acids is 1. The number of halogens is 2. The Kier molecular flexibility index (Phi) is 9.01. The zero-order valence-electron chi connectivity index (χ0n) is 23.7. The van der Waals surface area contributed by atoms with Crippen molar-refractivity contribution >= 4 is 45.8 Å². The number of rotatable bonds is 6. The average Bonchev–Trinajstić information content (AvgIpc) is 3.02. The molecule has 3 saturated heterocycles. The second-order valence-electron chi connectivity index (χ2n) is 12.1. The van der Waals surface area contributed by atoms with Crippen molar-refractivity contribution in [1.82, 2.24) is 14.8 Å². The van der Waals surface area contributed by atoms with E-state index in [2.05, 4.69) is 9.80 Å². The van der Waals surface area contributed by atoms with Gasteiger partial charge in [-0.15, -0.1) is 0 Å². The third kappa shape index (κ3) is 6.36. The highest BCUT2D eigenvalue weighted by atomic mass is 35.5. The minimum Gasteiger partial charge on any atom is -0.396 e. The maximum Gasteiger partial charge on any atom is 0.254 e. The number of aliphatic hydroxyl groups excluding tert-OH is 1. The van der Waals surface area contributed by atoms with Crippen LogP contribution in [0.5, 0.6) is 0 Å². The van der Waals surface area contributed by atoms with Gasteiger partial charge >= 0.3 is 0 Å². The van der Waals surface area contributed by atoms with Crippen molar-refractivity contribution in [2.24, 2.45) is 11.8 Å². The van der Waals surface area contributed by atoms with Crippen LogP contribution in [0.2, 0.25) is 10.0 Å². The summed E-state index contributed by atoms with van der Waals surface area (Å²) in [5, 5.41) is 12.4. The monoisotopic (exact) mass is 594 g/mol. The van der Waals surface area contributed by atoms with Gasteiger partial charge in [0.05, 0.1) is 21.1 Å². The molecule has 8 heteroatoms. The van der Waals surface area contributed by atoms with Crippen molar-refractivity contribution in [2.45, 2.75) is 51.0 Å². The second-order valence-corrected chi connectivity index (χ2v) is 12.9. The van der Waals surface area contributed by atoms with Gasteiger partial charge in [0.15, 0.2) is 0 Å². The fourth-order valence-electron chi connectivity index (χ4n) is 7.11. The summed E-state index contributed by atoms with van der Waals surface area (Å²) >= 11 is 12.4. The number of anilines is 1. The molecule has 6 rings (SSSR count). The highest BCUT2D eigenvalue weighted by Gasteiger charge is 2.35. The molecule has 1 N–H and O–H groups in total. The Labute approximate surface area is 253 Å². The molecule has 3 aromatic rings. The van der Waals surface area contributed by atoms with Gasteiger partial charge < -0.3 is 14.9 Å². The van der Waals surface area contributed by atoms with Crippen LogP contribution in [0.1, 0.15) is 54.4 Å². The quantitative estimate of drug-likeness (QED) is 0.362. The van der Waals surface area contributed by atoms with E-state index in [9.17, 15) is 9.90 Å². The molecule has 3 fully saturated rings. The Morgan fingerprint density at radius 1 is 0.878 bits per heavy atom. The smallest absolute Gasteiger partial charge is 0.254 e. The van der Waals surface area contributed by atoms with Crippen LogP contribution in [0.15, 0.2) is 48.5 Å². The number of likely N-dealkylation sites (tertiary alicyclic amines) is 2. The lowest BCUT2D eigenvalue weighted by molar-refractivity contribution is 0.0242. The standard InChI is InChI=1S/C33H40Cl2N4O2/c34-29-9-8-23(19-30(29)35)18-24-10-15-39(21-25(24)22-40)26-11-16-38(17-12-26)33(41)28-20-32(37-13-4-1-5-14-37)36-31-7-3-2-6-27(28)31/h2-3,6-9,19-20,24-26,40H,1,4-5,10-18,21-22H2/t24-,25+/m1/s1.